The van der Waals surface area contributed by atoms with E-state index in [0.29, 0.717) is 29.0 Å². The van der Waals surface area contributed by atoms with Gasteiger partial charge in [-0.3, -0.25) is 9.29 Å². The first-order valence-electron chi connectivity index (χ1n) is 13.0. The van der Waals surface area contributed by atoms with E-state index >= 15 is 8.78 Å². The van der Waals surface area contributed by atoms with Gasteiger partial charge < -0.3 is 15.2 Å². The van der Waals surface area contributed by atoms with Gasteiger partial charge in [-0.05, 0) is 61.4 Å². The molecule has 0 spiro atoms. The van der Waals surface area contributed by atoms with Crippen molar-refractivity contribution in [2.75, 3.05) is 16.6 Å². The smallest absolute Gasteiger partial charge is 0.347 e. The van der Waals surface area contributed by atoms with Crippen LogP contribution in [-0.4, -0.2) is 50.6 Å². The number of nitrogens with one attached hydrogen (secondary N) is 2. The number of hydrogen-bond acceptors (Lipinski definition) is 10. The van der Waals surface area contributed by atoms with Crippen LogP contribution in [0.2, 0.25) is 0 Å². The zero-order valence-corrected chi connectivity index (χ0v) is 24.0. The van der Waals surface area contributed by atoms with Gasteiger partial charge in [-0.25, -0.2) is 41.9 Å². The Kier molecular flexibility index (Phi) is 7.49. The molecule has 0 amide bonds. The average molecular weight is 628 g/mol. The van der Waals surface area contributed by atoms with E-state index < -0.39 is 48.8 Å². The number of benzene rings is 1. The minimum Gasteiger partial charge on any atom is -0.477 e. The van der Waals surface area contributed by atoms with Crippen LogP contribution in [0.1, 0.15) is 40.7 Å². The highest BCUT2D eigenvalue weighted by atomic mass is 32.2. The largest absolute Gasteiger partial charge is 0.477 e. The van der Waals surface area contributed by atoms with Gasteiger partial charge in [0.25, 0.3) is 10.0 Å². The molecule has 1 unspecified atom stereocenters. The monoisotopic (exact) mass is 627 g/mol. The topological polar surface area (TPSA) is 161 Å². The maximum absolute atomic E-state index is 15.7. The number of thiophene rings is 1. The van der Waals surface area contributed by atoms with Crippen LogP contribution >= 0.6 is 11.3 Å². The van der Waals surface area contributed by atoms with Crippen molar-refractivity contribution in [2.45, 2.75) is 37.3 Å². The van der Waals surface area contributed by atoms with Crippen molar-refractivity contribution >= 4 is 55.7 Å². The molecule has 0 aliphatic carbocycles. The quantitative estimate of drug-likeness (QED) is 0.201. The fourth-order valence-corrected chi connectivity index (χ4v) is 7.57. The van der Waals surface area contributed by atoms with E-state index in [-0.39, 0.29) is 17.6 Å². The summed E-state index contributed by atoms with van der Waals surface area (Å²) in [5.41, 5.74) is 0.533. The minimum absolute atomic E-state index is 0.0191. The Balaban J connectivity index is 1.36. The predicted octanol–water partition coefficient (Wildman–Crippen LogP) is 5.48. The third-order valence-corrected chi connectivity index (χ3v) is 9.61. The molecule has 1 atom stereocenters. The standard InChI is InChI=1S/C27H23F2N7O5S2/c1-14-11-42-23(27(37)38)24(14)43(39,40)35-17-8-7-16(28)21(19(17)29)34-25-15(5-4-9-30-25)20-22-26(32-12-31-20)36(13-33-22)18-6-2-3-10-41-18/h4-5,7-9,11-13,18,35H,2-3,6,10H2,1H3,(H,30,34)(H,37,38). The lowest BCUT2D eigenvalue weighted by Gasteiger charge is -2.23. The van der Waals surface area contributed by atoms with E-state index in [9.17, 15) is 18.3 Å². The zero-order chi connectivity index (χ0) is 30.3. The fraction of sp³-hybridized carbons (Fsp3) is 0.222. The van der Waals surface area contributed by atoms with E-state index in [4.69, 9.17) is 4.74 Å². The number of carboxylic acids is 1. The van der Waals surface area contributed by atoms with Crippen LogP contribution < -0.4 is 10.0 Å². The lowest BCUT2D eigenvalue weighted by atomic mass is 10.1. The van der Waals surface area contributed by atoms with Crippen LogP contribution in [0.25, 0.3) is 22.4 Å². The number of halogens is 2. The molecular formula is C27H23F2N7O5S2. The summed E-state index contributed by atoms with van der Waals surface area (Å²) in [5, 5.41) is 13.4. The number of imidazole rings is 1. The molecule has 12 nitrogen and oxygen atoms in total. The third-order valence-electron chi connectivity index (χ3n) is 6.85. The highest BCUT2D eigenvalue weighted by molar-refractivity contribution is 7.93. The molecule has 16 heteroatoms. The van der Waals surface area contributed by atoms with Crippen molar-refractivity contribution in [3.63, 3.8) is 0 Å². The van der Waals surface area contributed by atoms with Gasteiger partial charge in [0.15, 0.2) is 11.5 Å². The number of carbonyl (C=O) groups is 1. The second kappa shape index (κ2) is 11.3. The summed E-state index contributed by atoms with van der Waals surface area (Å²) in [5.74, 6) is -3.72. The Morgan fingerprint density at radius 2 is 2.00 bits per heavy atom. The van der Waals surface area contributed by atoms with Crippen molar-refractivity contribution in [1.29, 1.82) is 0 Å². The minimum atomic E-state index is -4.55. The van der Waals surface area contributed by atoms with Gasteiger partial charge in [0, 0.05) is 18.4 Å². The number of fused-ring (bicyclic) bond motifs is 1. The van der Waals surface area contributed by atoms with Gasteiger partial charge in [0.1, 0.15) is 50.9 Å². The van der Waals surface area contributed by atoms with Crippen molar-refractivity contribution in [3.8, 4) is 11.3 Å². The number of pyridine rings is 1. The summed E-state index contributed by atoms with van der Waals surface area (Å²) in [6, 6.07) is 5.04. The number of aryl methyl sites for hydroxylation is 1. The normalized spacial score (nSPS) is 15.5. The number of nitrogens with zero attached hydrogens (tertiary/aromatic N) is 5. The van der Waals surface area contributed by atoms with Gasteiger partial charge in [0.2, 0.25) is 0 Å². The lowest BCUT2D eigenvalue weighted by Crippen LogP contribution is -2.17. The molecular weight excluding hydrogens is 604 g/mol. The van der Waals surface area contributed by atoms with Crippen LogP contribution in [-0.2, 0) is 14.8 Å². The molecule has 222 valence electrons. The second-order valence-electron chi connectivity index (χ2n) is 9.66. The Morgan fingerprint density at radius 1 is 1.16 bits per heavy atom. The maximum atomic E-state index is 15.7. The number of anilines is 3. The second-order valence-corrected chi connectivity index (χ2v) is 12.2. The van der Waals surface area contributed by atoms with E-state index in [1.54, 1.807) is 18.5 Å². The molecule has 6 rings (SSSR count). The third kappa shape index (κ3) is 5.28. The van der Waals surface area contributed by atoms with Gasteiger partial charge >= 0.3 is 5.97 Å². The molecule has 1 aliphatic heterocycles. The molecule has 0 bridgehead atoms. The Labute approximate surface area is 247 Å². The number of aromatic nitrogens is 5. The van der Waals surface area contributed by atoms with Crippen LogP contribution in [0.15, 0.2) is 53.4 Å². The summed E-state index contributed by atoms with van der Waals surface area (Å²) < 4.78 is 66.7. The van der Waals surface area contributed by atoms with Crippen LogP contribution in [0.4, 0.5) is 26.0 Å². The first-order valence-corrected chi connectivity index (χ1v) is 15.4. The maximum Gasteiger partial charge on any atom is 0.347 e. The molecule has 1 aromatic carbocycles. The van der Waals surface area contributed by atoms with Crippen LogP contribution in [0.3, 0.4) is 0 Å². The number of carboxylic acid groups (broad SMARTS) is 1. The van der Waals surface area contributed by atoms with E-state index in [2.05, 4.69) is 30.0 Å². The van der Waals surface area contributed by atoms with Crippen molar-refractivity contribution in [1.82, 2.24) is 24.5 Å². The molecule has 0 saturated carbocycles. The number of sulfonamides is 1. The first-order chi connectivity index (χ1) is 20.7. The summed E-state index contributed by atoms with van der Waals surface area (Å²) >= 11 is 0.726. The average Bonchev–Trinajstić information content (AvgIpc) is 3.62. The number of hydrogen-bond donors (Lipinski definition) is 3. The molecule has 43 heavy (non-hydrogen) atoms. The SMILES string of the molecule is Cc1csc(C(=O)O)c1S(=O)(=O)Nc1ccc(F)c(Nc2ncccc2-c2ncnc3c2ncn3C2CCCCO2)c1F. The summed E-state index contributed by atoms with van der Waals surface area (Å²) in [6.07, 6.45) is 6.92. The molecule has 5 aromatic rings. The fourth-order valence-electron chi connectivity index (χ4n) is 4.87. The summed E-state index contributed by atoms with van der Waals surface area (Å²) in [7, 11) is -4.55. The Hall–Kier alpha value is -4.54. The van der Waals surface area contributed by atoms with Gasteiger partial charge in [-0.1, -0.05) is 0 Å². The number of ether oxygens (including phenoxy) is 1. The van der Waals surface area contributed by atoms with Gasteiger partial charge in [0.05, 0.1) is 12.0 Å². The van der Waals surface area contributed by atoms with Crippen molar-refractivity contribution in [3.05, 3.63) is 70.6 Å². The molecule has 1 fully saturated rings. The summed E-state index contributed by atoms with van der Waals surface area (Å²) in [6.45, 7) is 2.04. The van der Waals surface area contributed by atoms with E-state index in [1.807, 2.05) is 4.57 Å². The molecule has 0 radical (unpaired) electrons. The molecule has 5 heterocycles. The highest BCUT2D eigenvalue weighted by Crippen LogP contribution is 2.36. The molecule has 1 aliphatic rings. The molecule has 3 N–H and O–H groups in total. The van der Waals surface area contributed by atoms with Crippen LogP contribution in [0.5, 0.6) is 0 Å². The first kappa shape index (κ1) is 28.6. The number of rotatable bonds is 8. The van der Waals surface area contributed by atoms with Crippen molar-refractivity contribution < 1.29 is 31.8 Å². The summed E-state index contributed by atoms with van der Waals surface area (Å²) in [4.78, 5) is 28.1. The lowest BCUT2D eigenvalue weighted by molar-refractivity contribution is -0.0298. The Bertz CT molecular complexity index is 1970. The van der Waals surface area contributed by atoms with Gasteiger partial charge in [-0.15, -0.1) is 11.3 Å². The van der Waals surface area contributed by atoms with Crippen molar-refractivity contribution in [2.24, 2.45) is 0 Å². The highest BCUT2D eigenvalue weighted by Gasteiger charge is 2.29. The molecule has 4 aromatic heterocycles. The van der Waals surface area contributed by atoms with Gasteiger partial charge in [-0.2, -0.15) is 0 Å². The Morgan fingerprint density at radius 3 is 2.77 bits per heavy atom. The van der Waals surface area contributed by atoms with E-state index in [0.717, 1.165) is 42.7 Å². The predicted molar refractivity (Wildman–Crippen MR) is 154 cm³/mol. The number of aromatic carboxylic acids is 1. The van der Waals surface area contributed by atoms with Crippen LogP contribution in [0, 0.1) is 18.6 Å². The zero-order valence-electron chi connectivity index (χ0n) is 22.4. The molecule has 1 saturated heterocycles. The van der Waals surface area contributed by atoms with E-state index in [1.165, 1.54) is 24.8 Å².